The van der Waals surface area contributed by atoms with Crippen LogP contribution in [-0.4, -0.2) is 32.9 Å². The van der Waals surface area contributed by atoms with Crippen LogP contribution in [0.5, 0.6) is 5.75 Å². The van der Waals surface area contributed by atoms with Gasteiger partial charge in [0.2, 0.25) is 0 Å². The molecule has 0 atom stereocenters. The minimum atomic E-state index is -1.26. The van der Waals surface area contributed by atoms with E-state index in [9.17, 15) is 34.7 Å². The summed E-state index contributed by atoms with van der Waals surface area (Å²) in [4.78, 5) is 44.8. The molecule has 0 aliphatic carbocycles. The van der Waals surface area contributed by atoms with E-state index >= 15 is 0 Å². The number of aromatic hydroxyl groups is 1. The van der Waals surface area contributed by atoms with Crippen molar-refractivity contribution in [3.05, 3.63) is 50.9 Å². The maximum atomic E-state index is 11.8. The van der Waals surface area contributed by atoms with Gasteiger partial charge in [0.05, 0.1) is 4.92 Å². The summed E-state index contributed by atoms with van der Waals surface area (Å²) in [7, 11) is 0. The molecule has 1 aromatic carbocycles. The number of carbonyl (C=O) groups is 3. The van der Waals surface area contributed by atoms with E-state index in [1.807, 2.05) is 0 Å². The second kappa shape index (κ2) is 6.43. The predicted octanol–water partition coefficient (Wildman–Crippen LogP) is 1.47. The highest BCUT2D eigenvalue weighted by molar-refractivity contribution is 6.23. The number of Topliss-reactive ketones (excluding diaryl/α,β-unsaturated/α-hetero) is 1. The van der Waals surface area contributed by atoms with Crippen molar-refractivity contribution in [2.24, 2.45) is 0 Å². The maximum Gasteiger partial charge on any atom is 0.353 e. The van der Waals surface area contributed by atoms with E-state index in [1.165, 1.54) is 13.0 Å². The lowest BCUT2D eigenvalue weighted by Gasteiger charge is -2.18. The van der Waals surface area contributed by atoms with Crippen LogP contribution in [0.1, 0.15) is 13.8 Å². The van der Waals surface area contributed by atoms with Crippen molar-refractivity contribution in [2.45, 2.75) is 13.8 Å². The van der Waals surface area contributed by atoms with Gasteiger partial charge >= 0.3 is 17.6 Å². The number of nitro benzene ring substituents is 1. The fourth-order valence-corrected chi connectivity index (χ4v) is 2.17. The van der Waals surface area contributed by atoms with E-state index in [4.69, 9.17) is 0 Å². The van der Waals surface area contributed by atoms with E-state index in [0.717, 1.165) is 19.1 Å². The molecule has 0 unspecified atom stereocenters. The molecule has 0 saturated carbocycles. The molecule has 0 bridgehead atoms. The zero-order valence-corrected chi connectivity index (χ0v) is 13.0. The number of nitro groups is 1. The van der Waals surface area contributed by atoms with E-state index in [2.05, 4.69) is 10.1 Å². The minimum Gasteiger partial charge on any atom is -0.506 e. The Hall–Kier alpha value is -3.69. The second-order valence-corrected chi connectivity index (χ2v) is 5.04. The van der Waals surface area contributed by atoms with Crippen LogP contribution >= 0.6 is 0 Å². The third-order valence-corrected chi connectivity index (χ3v) is 3.30. The Balaban J connectivity index is 2.50. The summed E-state index contributed by atoms with van der Waals surface area (Å²) in [5, 5.41) is 32.9. The van der Waals surface area contributed by atoms with Gasteiger partial charge in [0.25, 0.3) is 0 Å². The lowest BCUT2D eigenvalue weighted by molar-refractivity contribution is -0.385. The van der Waals surface area contributed by atoms with Gasteiger partial charge in [-0.2, -0.15) is 0 Å². The largest absolute Gasteiger partial charge is 0.506 e. The fourth-order valence-electron chi connectivity index (χ4n) is 2.17. The molecule has 1 aromatic rings. The summed E-state index contributed by atoms with van der Waals surface area (Å²) >= 11 is 0. The zero-order chi connectivity index (χ0) is 18.9. The van der Waals surface area contributed by atoms with Crippen molar-refractivity contribution >= 4 is 29.1 Å². The molecule has 130 valence electrons. The van der Waals surface area contributed by atoms with Gasteiger partial charge in [-0.15, -0.1) is 0 Å². The highest BCUT2D eigenvalue weighted by Crippen LogP contribution is 2.30. The second-order valence-electron chi connectivity index (χ2n) is 5.04. The molecule has 25 heavy (non-hydrogen) atoms. The average molecular weight is 348 g/mol. The van der Waals surface area contributed by atoms with E-state index < -0.39 is 51.0 Å². The zero-order valence-electron chi connectivity index (χ0n) is 13.0. The number of ether oxygens (including phenoxy) is 1. The van der Waals surface area contributed by atoms with Crippen molar-refractivity contribution in [1.82, 2.24) is 0 Å². The van der Waals surface area contributed by atoms with E-state index in [0.29, 0.717) is 0 Å². The number of aliphatic hydroxyl groups excluding tert-OH is 1. The van der Waals surface area contributed by atoms with Crippen molar-refractivity contribution in [1.29, 1.82) is 0 Å². The normalized spacial score (nSPS) is 16.4. The highest BCUT2D eigenvalue weighted by atomic mass is 16.6. The van der Waals surface area contributed by atoms with Crippen LogP contribution in [0.15, 0.2) is 40.8 Å². The Labute approximate surface area is 140 Å². The number of hydrogen-bond donors (Lipinski definition) is 3. The number of aliphatic hydroxyl groups is 1. The fraction of sp³-hybridized carbons (Fsp3) is 0.133. The number of anilines is 1. The quantitative estimate of drug-likeness (QED) is 0.139. The molecule has 10 nitrogen and oxygen atoms in total. The smallest absolute Gasteiger partial charge is 0.353 e. The van der Waals surface area contributed by atoms with Gasteiger partial charge < -0.3 is 20.3 Å². The molecular weight excluding hydrogens is 336 g/mol. The number of phenolic OH excluding ortho intramolecular Hbond substituents is 1. The molecule has 0 spiro atoms. The number of rotatable bonds is 4. The Morgan fingerprint density at radius 1 is 1.20 bits per heavy atom. The summed E-state index contributed by atoms with van der Waals surface area (Å²) in [5.74, 6) is -4.62. The number of carbonyl (C=O) groups excluding carboxylic acids is 3. The van der Waals surface area contributed by atoms with Crippen LogP contribution in [0.2, 0.25) is 0 Å². The van der Waals surface area contributed by atoms with Crippen LogP contribution in [0.25, 0.3) is 0 Å². The Morgan fingerprint density at radius 2 is 1.84 bits per heavy atom. The summed E-state index contributed by atoms with van der Waals surface area (Å²) < 4.78 is 4.42. The van der Waals surface area contributed by atoms with Gasteiger partial charge in [-0.1, -0.05) is 0 Å². The lowest BCUT2D eigenvalue weighted by Crippen LogP contribution is -2.29. The number of cyclic esters (lactones) is 2. The van der Waals surface area contributed by atoms with Crippen molar-refractivity contribution < 1.29 is 34.3 Å². The van der Waals surface area contributed by atoms with Crippen molar-refractivity contribution in [2.75, 3.05) is 5.32 Å². The summed E-state index contributed by atoms with van der Waals surface area (Å²) in [6.07, 6.45) is 0. The van der Waals surface area contributed by atoms with Crippen molar-refractivity contribution in [3.8, 4) is 5.75 Å². The first-order chi connectivity index (χ1) is 11.6. The van der Waals surface area contributed by atoms with Crippen LogP contribution in [-0.2, 0) is 19.1 Å². The summed E-state index contributed by atoms with van der Waals surface area (Å²) in [6, 6.07) is 3.36. The molecule has 0 radical (unpaired) electrons. The van der Waals surface area contributed by atoms with Crippen LogP contribution in [0.4, 0.5) is 11.4 Å². The first kappa shape index (κ1) is 17.7. The van der Waals surface area contributed by atoms with Crippen molar-refractivity contribution in [3.63, 3.8) is 0 Å². The highest BCUT2D eigenvalue weighted by Gasteiger charge is 2.36. The first-order valence-electron chi connectivity index (χ1n) is 6.79. The number of allylic oxidation sites excluding steroid dienone is 1. The van der Waals surface area contributed by atoms with Gasteiger partial charge in [0.1, 0.15) is 16.9 Å². The number of ketones is 1. The third kappa shape index (κ3) is 3.32. The molecule has 0 saturated heterocycles. The molecule has 1 aliphatic rings. The lowest BCUT2D eigenvalue weighted by atomic mass is 10.0. The van der Waals surface area contributed by atoms with Gasteiger partial charge in [0, 0.05) is 17.5 Å². The molecule has 0 amide bonds. The molecule has 2 rings (SSSR count). The minimum absolute atomic E-state index is 0.0197. The Kier molecular flexibility index (Phi) is 4.54. The number of benzene rings is 1. The number of nitrogens with one attached hydrogen (secondary N) is 1. The molecule has 3 N–H and O–H groups in total. The molecule has 0 fully saturated rings. The number of esters is 2. The monoisotopic (exact) mass is 348 g/mol. The number of hydrogen-bond acceptors (Lipinski definition) is 9. The topological polar surface area (TPSA) is 156 Å². The molecule has 0 aromatic heterocycles. The Bertz CT molecular complexity index is 882. The summed E-state index contributed by atoms with van der Waals surface area (Å²) in [5.41, 5.74) is -1.61. The van der Waals surface area contributed by atoms with Crippen LogP contribution in [0.3, 0.4) is 0 Å². The van der Waals surface area contributed by atoms with Gasteiger partial charge in [-0.05, 0) is 26.0 Å². The maximum absolute atomic E-state index is 11.8. The van der Waals surface area contributed by atoms with E-state index in [-0.39, 0.29) is 11.4 Å². The number of nitrogens with zero attached hydrogens (tertiary/aromatic N) is 1. The average Bonchev–Trinajstić information content (AvgIpc) is 2.47. The van der Waals surface area contributed by atoms with Gasteiger partial charge in [-0.3, -0.25) is 14.9 Å². The predicted molar refractivity (Wildman–Crippen MR) is 82.5 cm³/mol. The summed E-state index contributed by atoms with van der Waals surface area (Å²) in [6.45, 7) is 2.35. The van der Waals surface area contributed by atoms with Crippen LogP contribution < -0.4 is 5.32 Å². The molecule has 10 heteroatoms. The number of phenols is 1. The van der Waals surface area contributed by atoms with Gasteiger partial charge in [-0.25, -0.2) is 9.59 Å². The third-order valence-electron chi connectivity index (χ3n) is 3.30. The Morgan fingerprint density at radius 3 is 2.40 bits per heavy atom. The van der Waals surface area contributed by atoms with Crippen LogP contribution in [0, 0.1) is 10.1 Å². The standard InChI is InChI=1S/C15H12N2O8/c1-6(16-8-3-4-10(19)9(5-8)17(23)24)11-13(20)12(7(2)18)15(22)25-14(11)21/h3-5,16,19-20H,1-2H3/b11-6-. The molecule has 1 aliphatic heterocycles. The van der Waals surface area contributed by atoms with E-state index in [1.54, 1.807) is 0 Å². The first-order valence-corrected chi connectivity index (χ1v) is 6.79. The molecular formula is C15H12N2O8. The SMILES string of the molecule is CC(=O)C1=C(O)/C(=C(\C)Nc2ccc(O)c([N+](=O)[O-])c2)C(=O)OC1=O. The van der Waals surface area contributed by atoms with Gasteiger partial charge in [0.15, 0.2) is 11.5 Å². The molecule has 1 heterocycles.